The first kappa shape index (κ1) is 13.0. The van der Waals surface area contributed by atoms with Crippen LogP contribution in [0.1, 0.15) is 13.8 Å². The van der Waals surface area contributed by atoms with Crippen molar-refractivity contribution in [2.75, 3.05) is 31.1 Å². The van der Waals surface area contributed by atoms with Crippen molar-refractivity contribution >= 4 is 11.8 Å². The molecule has 0 spiro atoms. The Balaban J connectivity index is 3.28. The van der Waals surface area contributed by atoms with Crippen LogP contribution in [0.4, 0.5) is 0 Å². The molecule has 0 aliphatic rings. The maximum atomic E-state index is 9.19. The molecule has 1 atom stereocenters. The van der Waals surface area contributed by atoms with E-state index in [-0.39, 0.29) is 6.10 Å². The van der Waals surface area contributed by atoms with Crippen molar-refractivity contribution in [3.05, 3.63) is 12.7 Å². The van der Waals surface area contributed by atoms with E-state index in [4.69, 9.17) is 0 Å². The Labute approximate surface area is 86.0 Å². The molecule has 3 heteroatoms. The quantitative estimate of drug-likeness (QED) is 0.479. The maximum Gasteiger partial charge on any atom is 0.0808 e. The van der Waals surface area contributed by atoms with Crippen molar-refractivity contribution in [2.45, 2.75) is 20.0 Å². The zero-order valence-electron chi connectivity index (χ0n) is 8.70. The van der Waals surface area contributed by atoms with Gasteiger partial charge < -0.3 is 10.0 Å². The number of aliphatic hydroxyl groups excluding tert-OH is 1. The molecule has 0 fully saturated rings. The molecule has 0 saturated carbocycles. The summed E-state index contributed by atoms with van der Waals surface area (Å²) in [6.07, 6.45) is 1.24. The highest BCUT2D eigenvalue weighted by atomic mass is 32.2. The van der Waals surface area contributed by atoms with Crippen LogP contribution in [0.2, 0.25) is 0 Å². The Hall–Kier alpha value is 0.01000. The Kier molecular flexibility index (Phi) is 8.61. The van der Waals surface area contributed by atoms with Crippen molar-refractivity contribution in [2.24, 2.45) is 0 Å². The fourth-order valence-electron chi connectivity index (χ4n) is 1.01. The van der Waals surface area contributed by atoms with E-state index in [9.17, 15) is 5.11 Å². The molecule has 1 N–H and O–H groups in total. The molecule has 0 aromatic carbocycles. The molecule has 0 bridgehead atoms. The molecule has 0 rings (SSSR count). The zero-order valence-corrected chi connectivity index (χ0v) is 9.52. The molecule has 0 aliphatic heterocycles. The van der Waals surface area contributed by atoms with E-state index < -0.39 is 0 Å². The molecule has 0 saturated heterocycles. The topological polar surface area (TPSA) is 23.5 Å². The third kappa shape index (κ3) is 7.11. The zero-order chi connectivity index (χ0) is 10.1. The number of rotatable bonds is 8. The highest BCUT2D eigenvalue weighted by Gasteiger charge is 2.00. The molecule has 1 unspecified atom stereocenters. The van der Waals surface area contributed by atoms with Crippen LogP contribution < -0.4 is 0 Å². The Morgan fingerprint density at radius 2 is 2.08 bits per heavy atom. The van der Waals surface area contributed by atoms with Gasteiger partial charge in [0.25, 0.3) is 0 Å². The minimum Gasteiger partial charge on any atom is -0.388 e. The molecule has 0 aromatic heterocycles. The summed E-state index contributed by atoms with van der Waals surface area (Å²) in [5, 5.41) is 9.19. The third-order valence-electron chi connectivity index (χ3n) is 2.01. The Morgan fingerprint density at radius 1 is 1.46 bits per heavy atom. The molecule has 0 aromatic rings. The van der Waals surface area contributed by atoms with Gasteiger partial charge in [-0.25, -0.2) is 0 Å². The summed E-state index contributed by atoms with van der Waals surface area (Å²) >= 11 is 1.78. The van der Waals surface area contributed by atoms with Crippen LogP contribution in [0.15, 0.2) is 12.7 Å². The molecule has 0 aliphatic carbocycles. The summed E-state index contributed by atoms with van der Waals surface area (Å²) in [5.74, 6) is 1.86. The van der Waals surface area contributed by atoms with Crippen molar-refractivity contribution < 1.29 is 5.11 Å². The standard InChI is InChI=1S/C10H21NOS/c1-4-10(12)9-13-8-7-11(5-2)6-3/h4,10,12H,1,5-9H2,2-3H3. The maximum absolute atomic E-state index is 9.19. The lowest BCUT2D eigenvalue weighted by Crippen LogP contribution is -2.25. The Bertz CT molecular complexity index is 126. The lowest BCUT2D eigenvalue weighted by atomic mass is 10.4. The number of nitrogens with zero attached hydrogens (tertiary/aromatic N) is 1. The minimum absolute atomic E-state index is 0.346. The van der Waals surface area contributed by atoms with Crippen molar-refractivity contribution in [1.29, 1.82) is 0 Å². The van der Waals surface area contributed by atoms with Gasteiger partial charge >= 0.3 is 0 Å². The van der Waals surface area contributed by atoms with Crippen LogP contribution in [0.3, 0.4) is 0 Å². The van der Waals surface area contributed by atoms with Gasteiger partial charge in [-0.1, -0.05) is 19.9 Å². The van der Waals surface area contributed by atoms with Crippen molar-refractivity contribution in [1.82, 2.24) is 4.90 Å². The molecule has 2 nitrogen and oxygen atoms in total. The van der Waals surface area contributed by atoms with E-state index in [2.05, 4.69) is 25.3 Å². The lowest BCUT2D eigenvalue weighted by molar-refractivity contribution is 0.249. The van der Waals surface area contributed by atoms with E-state index >= 15 is 0 Å². The van der Waals surface area contributed by atoms with Gasteiger partial charge in [-0.15, -0.1) is 6.58 Å². The first-order valence-corrected chi connectivity index (χ1v) is 6.00. The summed E-state index contributed by atoms with van der Waals surface area (Å²) in [5.41, 5.74) is 0. The number of aliphatic hydroxyl groups is 1. The van der Waals surface area contributed by atoms with Gasteiger partial charge in [0.2, 0.25) is 0 Å². The molecule has 78 valence electrons. The number of thioether (sulfide) groups is 1. The van der Waals surface area contributed by atoms with E-state index in [0.29, 0.717) is 0 Å². The second-order valence-electron chi connectivity index (χ2n) is 2.90. The summed E-state index contributed by atoms with van der Waals surface area (Å²) in [4.78, 5) is 2.38. The van der Waals surface area contributed by atoms with Crippen LogP contribution in [-0.2, 0) is 0 Å². The molecule has 0 heterocycles. The average Bonchev–Trinajstić information content (AvgIpc) is 2.18. The third-order valence-corrected chi connectivity index (χ3v) is 3.06. The van der Waals surface area contributed by atoms with Gasteiger partial charge in [0.1, 0.15) is 0 Å². The summed E-state index contributed by atoms with van der Waals surface area (Å²) in [6.45, 7) is 11.2. The second kappa shape index (κ2) is 8.60. The van der Waals surface area contributed by atoms with Crippen LogP contribution >= 0.6 is 11.8 Å². The largest absolute Gasteiger partial charge is 0.388 e. The van der Waals surface area contributed by atoms with E-state index in [1.54, 1.807) is 17.8 Å². The first-order valence-electron chi connectivity index (χ1n) is 4.85. The fraction of sp³-hybridized carbons (Fsp3) is 0.800. The normalized spacial score (nSPS) is 13.2. The van der Waals surface area contributed by atoms with Crippen molar-refractivity contribution in [3.63, 3.8) is 0 Å². The number of hydrogen-bond acceptors (Lipinski definition) is 3. The van der Waals surface area contributed by atoms with Crippen molar-refractivity contribution in [3.8, 4) is 0 Å². The highest BCUT2D eigenvalue weighted by Crippen LogP contribution is 2.04. The van der Waals surface area contributed by atoms with Gasteiger partial charge in [0.15, 0.2) is 0 Å². The predicted octanol–water partition coefficient (Wildman–Crippen LogP) is 1.61. The van der Waals surface area contributed by atoms with Crippen LogP contribution in [-0.4, -0.2) is 47.3 Å². The second-order valence-corrected chi connectivity index (χ2v) is 4.05. The minimum atomic E-state index is -0.346. The molecular weight excluding hydrogens is 182 g/mol. The molecule has 0 radical (unpaired) electrons. The van der Waals surface area contributed by atoms with Gasteiger partial charge in [0.05, 0.1) is 6.10 Å². The van der Waals surface area contributed by atoms with Gasteiger partial charge in [0, 0.05) is 18.1 Å². The molecule has 0 amide bonds. The van der Waals surface area contributed by atoms with E-state index in [1.165, 1.54) is 0 Å². The smallest absolute Gasteiger partial charge is 0.0808 e. The van der Waals surface area contributed by atoms with E-state index in [1.807, 2.05) is 0 Å². The average molecular weight is 203 g/mol. The van der Waals surface area contributed by atoms with Crippen LogP contribution in [0, 0.1) is 0 Å². The SMILES string of the molecule is C=CC(O)CSCCN(CC)CC. The fourth-order valence-corrected chi connectivity index (χ4v) is 1.94. The number of hydrogen-bond donors (Lipinski definition) is 1. The van der Waals surface area contributed by atoms with Gasteiger partial charge in [-0.05, 0) is 13.1 Å². The predicted molar refractivity (Wildman–Crippen MR) is 61.3 cm³/mol. The van der Waals surface area contributed by atoms with Gasteiger partial charge in [-0.3, -0.25) is 0 Å². The monoisotopic (exact) mass is 203 g/mol. The summed E-state index contributed by atoms with van der Waals surface area (Å²) < 4.78 is 0. The van der Waals surface area contributed by atoms with Crippen LogP contribution in [0.5, 0.6) is 0 Å². The van der Waals surface area contributed by atoms with E-state index in [0.717, 1.165) is 31.1 Å². The summed E-state index contributed by atoms with van der Waals surface area (Å²) in [6, 6.07) is 0. The first-order chi connectivity index (χ1) is 6.24. The lowest BCUT2D eigenvalue weighted by Gasteiger charge is -2.17. The molecular formula is C10H21NOS. The van der Waals surface area contributed by atoms with Crippen LogP contribution in [0.25, 0.3) is 0 Å². The highest BCUT2D eigenvalue weighted by molar-refractivity contribution is 7.99. The Morgan fingerprint density at radius 3 is 2.54 bits per heavy atom. The van der Waals surface area contributed by atoms with Gasteiger partial charge in [-0.2, -0.15) is 11.8 Å². The summed E-state index contributed by atoms with van der Waals surface area (Å²) in [7, 11) is 0. The molecule has 13 heavy (non-hydrogen) atoms.